The molecule has 14 heavy (non-hydrogen) atoms. The van der Waals surface area contributed by atoms with Gasteiger partial charge in [-0.15, -0.1) is 0 Å². The van der Waals surface area contributed by atoms with Gasteiger partial charge in [-0.2, -0.15) is 0 Å². The van der Waals surface area contributed by atoms with Gasteiger partial charge in [0.1, 0.15) is 0 Å². The third-order valence-corrected chi connectivity index (χ3v) is 2.93. The highest BCUT2D eigenvalue weighted by molar-refractivity contribution is 7.89. The summed E-state index contributed by atoms with van der Waals surface area (Å²) < 4.78 is 35.9. The standard InChI is InChI=1S/C7H14FNO4S/c8-4-1-2-6-14(12,13)9-5-3-7(10)11/h9H,1-6H2,(H,10,11). The van der Waals surface area contributed by atoms with Gasteiger partial charge >= 0.3 is 5.97 Å². The number of hydrogen-bond donors (Lipinski definition) is 2. The van der Waals surface area contributed by atoms with Crippen LogP contribution in [0, 0.1) is 0 Å². The molecule has 0 aromatic heterocycles. The van der Waals surface area contributed by atoms with Crippen LogP contribution < -0.4 is 4.72 Å². The van der Waals surface area contributed by atoms with Crippen molar-refractivity contribution in [3.8, 4) is 0 Å². The summed E-state index contributed by atoms with van der Waals surface area (Å²) in [4.78, 5) is 10.1. The molecule has 2 N–H and O–H groups in total. The minimum Gasteiger partial charge on any atom is -0.481 e. The summed E-state index contributed by atoms with van der Waals surface area (Å²) in [5, 5.41) is 8.24. The topological polar surface area (TPSA) is 83.5 Å². The average Bonchev–Trinajstić information content (AvgIpc) is 2.03. The normalized spacial score (nSPS) is 11.5. The summed E-state index contributed by atoms with van der Waals surface area (Å²) in [7, 11) is -3.43. The quantitative estimate of drug-likeness (QED) is 0.577. The monoisotopic (exact) mass is 227 g/mol. The Morgan fingerprint density at radius 1 is 1.36 bits per heavy atom. The molecule has 0 radical (unpaired) electrons. The molecule has 0 bridgehead atoms. The molecule has 0 atom stereocenters. The SMILES string of the molecule is O=C(O)CCNS(=O)(=O)CCCCF. The molecule has 0 aromatic carbocycles. The molecule has 0 spiro atoms. The van der Waals surface area contributed by atoms with E-state index in [1.165, 1.54) is 0 Å². The van der Waals surface area contributed by atoms with Crippen LogP contribution in [0.2, 0.25) is 0 Å². The minimum absolute atomic E-state index is 0.118. The first kappa shape index (κ1) is 13.3. The molecule has 7 heteroatoms. The number of sulfonamides is 1. The lowest BCUT2D eigenvalue weighted by molar-refractivity contribution is -0.136. The summed E-state index contributed by atoms with van der Waals surface area (Å²) in [5.74, 6) is -1.22. The van der Waals surface area contributed by atoms with Crippen LogP contribution in [0.1, 0.15) is 19.3 Å². The van der Waals surface area contributed by atoms with Crippen LogP contribution in [-0.2, 0) is 14.8 Å². The molecule has 0 aliphatic carbocycles. The minimum atomic E-state index is -3.43. The Hall–Kier alpha value is -0.690. The van der Waals surface area contributed by atoms with Crippen LogP contribution >= 0.6 is 0 Å². The van der Waals surface area contributed by atoms with Gasteiger partial charge in [0.15, 0.2) is 0 Å². The lowest BCUT2D eigenvalue weighted by Gasteiger charge is -2.03. The Morgan fingerprint density at radius 2 is 2.00 bits per heavy atom. The number of halogens is 1. The van der Waals surface area contributed by atoms with E-state index in [1.54, 1.807) is 0 Å². The van der Waals surface area contributed by atoms with Crippen molar-refractivity contribution in [2.45, 2.75) is 19.3 Å². The highest BCUT2D eigenvalue weighted by atomic mass is 32.2. The van der Waals surface area contributed by atoms with Crippen molar-refractivity contribution in [3.63, 3.8) is 0 Å². The number of hydrogen-bond acceptors (Lipinski definition) is 3. The molecular formula is C7H14FNO4S. The van der Waals surface area contributed by atoms with E-state index in [2.05, 4.69) is 4.72 Å². The van der Waals surface area contributed by atoms with Crippen molar-refractivity contribution in [2.75, 3.05) is 19.0 Å². The summed E-state index contributed by atoms with van der Waals surface area (Å²) in [6.07, 6.45) is 0.209. The first-order chi connectivity index (χ1) is 6.48. The summed E-state index contributed by atoms with van der Waals surface area (Å²) >= 11 is 0. The van der Waals surface area contributed by atoms with Crippen molar-refractivity contribution in [2.24, 2.45) is 0 Å². The predicted octanol–water partition coefficient (Wildman–Crippen LogP) is 0.130. The fraction of sp³-hybridized carbons (Fsp3) is 0.857. The molecule has 0 aliphatic heterocycles. The van der Waals surface area contributed by atoms with Gasteiger partial charge in [0.25, 0.3) is 0 Å². The number of rotatable bonds is 8. The van der Waals surface area contributed by atoms with Gasteiger partial charge in [-0.1, -0.05) is 0 Å². The summed E-state index contributed by atoms with van der Waals surface area (Å²) in [6, 6.07) is 0. The third kappa shape index (κ3) is 7.93. The Labute approximate surface area is 82.4 Å². The van der Waals surface area contributed by atoms with Crippen LogP contribution in [0.5, 0.6) is 0 Å². The van der Waals surface area contributed by atoms with Gasteiger partial charge in [-0.25, -0.2) is 13.1 Å². The average molecular weight is 227 g/mol. The largest absolute Gasteiger partial charge is 0.481 e. The van der Waals surface area contributed by atoms with Crippen LogP contribution in [0.15, 0.2) is 0 Å². The second-order valence-corrected chi connectivity index (χ2v) is 4.68. The van der Waals surface area contributed by atoms with E-state index in [0.29, 0.717) is 0 Å². The third-order valence-electron chi connectivity index (χ3n) is 1.46. The van der Waals surface area contributed by atoms with Gasteiger partial charge in [-0.05, 0) is 12.8 Å². The Bertz CT molecular complexity index is 265. The molecule has 0 unspecified atom stereocenters. The summed E-state index contributed by atoms with van der Waals surface area (Å²) in [6.45, 7) is -0.655. The van der Waals surface area contributed by atoms with Crippen molar-refractivity contribution in [3.05, 3.63) is 0 Å². The van der Waals surface area contributed by atoms with Crippen LogP contribution in [0.4, 0.5) is 4.39 Å². The molecule has 0 saturated heterocycles. The number of carboxylic acid groups (broad SMARTS) is 1. The van der Waals surface area contributed by atoms with Gasteiger partial charge in [-0.3, -0.25) is 9.18 Å². The number of carboxylic acids is 1. The van der Waals surface area contributed by atoms with E-state index in [9.17, 15) is 17.6 Å². The number of nitrogens with one attached hydrogen (secondary N) is 1. The predicted molar refractivity (Wildman–Crippen MR) is 49.3 cm³/mol. The molecule has 5 nitrogen and oxygen atoms in total. The van der Waals surface area contributed by atoms with Crippen LogP contribution in [0.25, 0.3) is 0 Å². The zero-order valence-electron chi connectivity index (χ0n) is 7.70. The maximum Gasteiger partial charge on any atom is 0.304 e. The number of aliphatic carboxylic acids is 1. The second kappa shape index (κ2) is 6.72. The van der Waals surface area contributed by atoms with Gasteiger partial charge in [0, 0.05) is 6.54 Å². The Kier molecular flexibility index (Phi) is 6.39. The first-order valence-corrected chi connectivity index (χ1v) is 5.88. The zero-order chi connectivity index (χ0) is 11.0. The highest BCUT2D eigenvalue weighted by Gasteiger charge is 2.09. The van der Waals surface area contributed by atoms with E-state index in [4.69, 9.17) is 5.11 Å². The van der Waals surface area contributed by atoms with E-state index in [0.717, 1.165) is 0 Å². The molecule has 84 valence electrons. The lowest BCUT2D eigenvalue weighted by atomic mass is 10.4. The Morgan fingerprint density at radius 3 is 2.50 bits per heavy atom. The summed E-state index contributed by atoms with van der Waals surface area (Å²) in [5.41, 5.74) is 0. The van der Waals surface area contributed by atoms with Crippen molar-refractivity contribution in [1.29, 1.82) is 0 Å². The molecular weight excluding hydrogens is 213 g/mol. The maximum absolute atomic E-state index is 11.6. The second-order valence-electron chi connectivity index (χ2n) is 2.75. The Balaban J connectivity index is 3.67. The van der Waals surface area contributed by atoms with Crippen molar-refractivity contribution >= 4 is 16.0 Å². The lowest BCUT2D eigenvalue weighted by Crippen LogP contribution is -2.28. The highest BCUT2D eigenvalue weighted by Crippen LogP contribution is 1.95. The molecule has 0 fully saturated rings. The van der Waals surface area contributed by atoms with E-state index in [-0.39, 0.29) is 31.6 Å². The molecule has 0 aliphatic rings. The van der Waals surface area contributed by atoms with E-state index in [1.807, 2.05) is 0 Å². The van der Waals surface area contributed by atoms with Crippen LogP contribution in [-0.4, -0.2) is 38.5 Å². The first-order valence-electron chi connectivity index (χ1n) is 4.23. The van der Waals surface area contributed by atoms with Crippen molar-refractivity contribution in [1.82, 2.24) is 4.72 Å². The number of unbranched alkanes of at least 4 members (excludes halogenated alkanes) is 1. The van der Waals surface area contributed by atoms with Crippen LogP contribution in [0.3, 0.4) is 0 Å². The number of carbonyl (C=O) groups is 1. The van der Waals surface area contributed by atoms with E-state index < -0.39 is 22.7 Å². The van der Waals surface area contributed by atoms with Gasteiger partial charge in [0.2, 0.25) is 10.0 Å². The molecule has 0 saturated carbocycles. The zero-order valence-corrected chi connectivity index (χ0v) is 8.52. The molecule has 0 aromatic rings. The molecule has 0 heterocycles. The fourth-order valence-electron chi connectivity index (χ4n) is 0.772. The maximum atomic E-state index is 11.6. The van der Waals surface area contributed by atoms with E-state index >= 15 is 0 Å². The van der Waals surface area contributed by atoms with Gasteiger partial charge in [0.05, 0.1) is 18.8 Å². The smallest absolute Gasteiger partial charge is 0.304 e. The molecule has 0 rings (SSSR count). The molecule has 0 amide bonds. The fourth-order valence-corrected chi connectivity index (χ4v) is 1.91. The number of alkyl halides is 1. The van der Waals surface area contributed by atoms with Crippen molar-refractivity contribution < 1.29 is 22.7 Å². The van der Waals surface area contributed by atoms with Gasteiger partial charge < -0.3 is 5.11 Å².